The van der Waals surface area contributed by atoms with Crippen molar-refractivity contribution in [1.82, 2.24) is 10.3 Å². The Hall–Kier alpha value is -2.11. The Balaban J connectivity index is 2.30. The van der Waals surface area contributed by atoms with Crippen LogP contribution in [0, 0.1) is 0 Å². The predicted molar refractivity (Wildman–Crippen MR) is 63.7 cm³/mol. The molecular weight excluding hydrogens is 220 g/mol. The zero-order chi connectivity index (χ0) is 12.4. The Labute approximate surface area is 99.0 Å². The highest BCUT2D eigenvalue weighted by Gasteiger charge is 2.30. The molecule has 2 N–H and O–H groups in total. The Morgan fingerprint density at radius 1 is 1.47 bits per heavy atom. The highest BCUT2D eigenvalue weighted by Crippen LogP contribution is 2.21. The van der Waals surface area contributed by atoms with Gasteiger partial charge in [0.15, 0.2) is 0 Å². The second kappa shape index (κ2) is 4.40. The summed E-state index contributed by atoms with van der Waals surface area (Å²) in [6, 6.07) is 1.48. The van der Waals surface area contributed by atoms with Crippen molar-refractivity contribution in [3.63, 3.8) is 0 Å². The molecule has 1 aromatic heterocycles. The molecule has 1 aromatic rings. The molecule has 0 saturated carbocycles. The maximum atomic E-state index is 11.5. The van der Waals surface area contributed by atoms with Gasteiger partial charge in [0.1, 0.15) is 6.04 Å². The average Bonchev–Trinajstić information content (AvgIpc) is 2.34. The highest BCUT2D eigenvalue weighted by atomic mass is 16.2. The number of hydrogen-bond donors (Lipinski definition) is 2. The van der Waals surface area contributed by atoms with Gasteiger partial charge in [-0.15, -0.1) is 0 Å². The Morgan fingerprint density at radius 2 is 2.24 bits per heavy atom. The van der Waals surface area contributed by atoms with Crippen LogP contribution in [0.1, 0.15) is 6.92 Å². The van der Waals surface area contributed by atoms with E-state index in [-0.39, 0.29) is 24.4 Å². The molecule has 0 bridgehead atoms. The zero-order valence-corrected chi connectivity index (χ0v) is 9.73. The van der Waals surface area contributed by atoms with Crippen molar-refractivity contribution in [3.05, 3.63) is 18.5 Å². The first kappa shape index (κ1) is 11.4. The van der Waals surface area contributed by atoms with Gasteiger partial charge in [0.05, 0.1) is 30.3 Å². The van der Waals surface area contributed by atoms with Crippen LogP contribution in [0.3, 0.4) is 0 Å². The van der Waals surface area contributed by atoms with Crippen LogP contribution < -0.4 is 15.5 Å². The van der Waals surface area contributed by atoms with Crippen LogP contribution in [0.5, 0.6) is 0 Å². The summed E-state index contributed by atoms with van der Waals surface area (Å²) in [6.45, 7) is 1.93. The number of anilines is 2. The van der Waals surface area contributed by atoms with Gasteiger partial charge in [-0.05, 0) is 13.0 Å². The molecule has 1 fully saturated rings. The lowest BCUT2D eigenvalue weighted by atomic mass is 10.2. The molecule has 1 atom stereocenters. The van der Waals surface area contributed by atoms with Crippen molar-refractivity contribution < 1.29 is 9.59 Å². The Kier molecular flexibility index (Phi) is 2.95. The molecule has 2 amide bonds. The Morgan fingerprint density at radius 3 is 2.94 bits per heavy atom. The first-order valence-corrected chi connectivity index (χ1v) is 5.35. The fourth-order valence-electron chi connectivity index (χ4n) is 1.75. The predicted octanol–water partition coefficient (Wildman–Crippen LogP) is -0.0254. The van der Waals surface area contributed by atoms with Crippen molar-refractivity contribution in [2.24, 2.45) is 0 Å². The van der Waals surface area contributed by atoms with Crippen molar-refractivity contribution >= 4 is 23.2 Å². The van der Waals surface area contributed by atoms with Gasteiger partial charge in [-0.25, -0.2) is 0 Å². The van der Waals surface area contributed by atoms with E-state index in [2.05, 4.69) is 15.6 Å². The molecule has 2 heterocycles. The quantitative estimate of drug-likeness (QED) is 0.703. The average molecular weight is 234 g/mol. The number of pyridine rings is 1. The van der Waals surface area contributed by atoms with E-state index in [9.17, 15) is 9.59 Å². The van der Waals surface area contributed by atoms with E-state index in [1.165, 1.54) is 0 Å². The van der Waals surface area contributed by atoms with Crippen molar-refractivity contribution in [3.8, 4) is 0 Å². The topological polar surface area (TPSA) is 74.3 Å². The first-order chi connectivity index (χ1) is 8.11. The molecule has 90 valence electrons. The van der Waals surface area contributed by atoms with Gasteiger partial charge >= 0.3 is 0 Å². The van der Waals surface area contributed by atoms with Gasteiger partial charge < -0.3 is 10.2 Å². The van der Waals surface area contributed by atoms with E-state index in [1.807, 2.05) is 6.07 Å². The minimum absolute atomic E-state index is 0.168. The zero-order valence-electron chi connectivity index (χ0n) is 9.73. The maximum absolute atomic E-state index is 11.5. The van der Waals surface area contributed by atoms with Gasteiger partial charge in [-0.3, -0.25) is 19.9 Å². The number of carbonyl (C=O) groups excluding carboxylic acids is 2. The van der Waals surface area contributed by atoms with E-state index >= 15 is 0 Å². The number of aromatic nitrogens is 1. The Bertz CT molecular complexity index is 461. The molecule has 17 heavy (non-hydrogen) atoms. The minimum atomic E-state index is -0.374. The van der Waals surface area contributed by atoms with Gasteiger partial charge in [0.2, 0.25) is 11.8 Å². The molecule has 1 aliphatic rings. The third kappa shape index (κ3) is 2.20. The number of rotatable bonds is 2. The SMILES string of the molecule is CNc1cncc(N2CC(=O)NC(=O)C2C)c1. The van der Waals surface area contributed by atoms with E-state index < -0.39 is 0 Å². The van der Waals surface area contributed by atoms with E-state index in [1.54, 1.807) is 31.3 Å². The first-order valence-electron chi connectivity index (χ1n) is 5.35. The molecule has 1 saturated heterocycles. The smallest absolute Gasteiger partial charge is 0.249 e. The molecule has 0 spiro atoms. The van der Waals surface area contributed by atoms with Crippen molar-refractivity contribution in [2.45, 2.75) is 13.0 Å². The largest absolute Gasteiger partial charge is 0.387 e. The van der Waals surface area contributed by atoms with E-state index in [0.717, 1.165) is 11.4 Å². The van der Waals surface area contributed by atoms with Gasteiger partial charge in [0, 0.05) is 7.05 Å². The van der Waals surface area contributed by atoms with Crippen LogP contribution in [0.25, 0.3) is 0 Å². The number of carbonyl (C=O) groups is 2. The standard InChI is InChI=1S/C11H14N4O2/c1-7-11(17)14-10(16)6-15(7)9-3-8(12-2)4-13-5-9/h3-5,7,12H,6H2,1-2H3,(H,14,16,17). The van der Waals surface area contributed by atoms with Gasteiger partial charge in [-0.1, -0.05) is 0 Å². The molecule has 1 unspecified atom stereocenters. The molecule has 0 aliphatic carbocycles. The van der Waals surface area contributed by atoms with Gasteiger partial charge in [-0.2, -0.15) is 0 Å². The van der Waals surface area contributed by atoms with Crippen molar-refractivity contribution in [2.75, 3.05) is 23.8 Å². The molecule has 6 heteroatoms. The minimum Gasteiger partial charge on any atom is -0.387 e. The summed E-state index contributed by atoms with van der Waals surface area (Å²) >= 11 is 0. The lowest BCUT2D eigenvalue weighted by molar-refractivity contribution is -0.132. The number of hydrogen-bond acceptors (Lipinski definition) is 5. The monoisotopic (exact) mass is 234 g/mol. The summed E-state index contributed by atoms with van der Waals surface area (Å²) in [4.78, 5) is 28.7. The molecule has 0 aromatic carbocycles. The van der Waals surface area contributed by atoms with E-state index in [4.69, 9.17) is 0 Å². The summed E-state index contributed by atoms with van der Waals surface area (Å²) in [5, 5.41) is 5.27. The normalized spacial score (nSPS) is 20.1. The number of nitrogens with zero attached hydrogens (tertiary/aromatic N) is 2. The van der Waals surface area contributed by atoms with Crippen LogP contribution in [-0.2, 0) is 9.59 Å². The van der Waals surface area contributed by atoms with Crippen LogP contribution in [-0.4, -0.2) is 36.4 Å². The molecule has 6 nitrogen and oxygen atoms in total. The summed E-state index contributed by atoms with van der Waals surface area (Å²) in [7, 11) is 1.79. The molecule has 0 radical (unpaired) electrons. The summed E-state index contributed by atoms with van der Waals surface area (Å²) < 4.78 is 0. The second-order valence-corrected chi connectivity index (χ2v) is 3.90. The van der Waals surface area contributed by atoms with Gasteiger partial charge in [0.25, 0.3) is 0 Å². The fourth-order valence-corrected chi connectivity index (χ4v) is 1.75. The summed E-state index contributed by atoms with van der Waals surface area (Å²) in [5.74, 6) is -0.570. The third-order valence-electron chi connectivity index (χ3n) is 2.77. The fraction of sp³-hybridized carbons (Fsp3) is 0.364. The van der Waals surface area contributed by atoms with Crippen LogP contribution in [0.15, 0.2) is 18.5 Å². The molecular formula is C11H14N4O2. The van der Waals surface area contributed by atoms with E-state index in [0.29, 0.717) is 0 Å². The second-order valence-electron chi connectivity index (χ2n) is 3.90. The third-order valence-corrected chi connectivity index (χ3v) is 2.77. The lowest BCUT2D eigenvalue weighted by Crippen LogP contribution is -2.57. The number of imide groups is 1. The van der Waals surface area contributed by atoms with Crippen LogP contribution in [0.4, 0.5) is 11.4 Å². The van der Waals surface area contributed by atoms with Crippen LogP contribution >= 0.6 is 0 Å². The number of piperazine rings is 1. The summed E-state index contributed by atoms with van der Waals surface area (Å²) in [6.07, 6.45) is 3.32. The molecule has 1 aliphatic heterocycles. The number of nitrogens with one attached hydrogen (secondary N) is 2. The highest BCUT2D eigenvalue weighted by molar-refractivity contribution is 6.04. The van der Waals surface area contributed by atoms with Crippen LogP contribution in [0.2, 0.25) is 0 Å². The molecule has 2 rings (SSSR count). The number of amides is 2. The van der Waals surface area contributed by atoms with Crippen molar-refractivity contribution in [1.29, 1.82) is 0 Å². The lowest BCUT2D eigenvalue weighted by Gasteiger charge is -2.33. The maximum Gasteiger partial charge on any atom is 0.249 e. The summed E-state index contributed by atoms with van der Waals surface area (Å²) in [5.41, 5.74) is 1.60.